The predicted molar refractivity (Wildman–Crippen MR) is 153 cm³/mol. The summed E-state index contributed by atoms with van der Waals surface area (Å²) in [6.07, 6.45) is 5.63. The maximum Gasteiger partial charge on any atom is 0.335 e. The summed E-state index contributed by atoms with van der Waals surface area (Å²) in [6, 6.07) is 13.5. The van der Waals surface area contributed by atoms with Crippen LogP contribution in [-0.2, 0) is 17.6 Å². The van der Waals surface area contributed by atoms with E-state index in [4.69, 9.17) is 16.3 Å². The number of rotatable bonds is 11. The van der Waals surface area contributed by atoms with Crippen molar-refractivity contribution in [2.75, 3.05) is 7.11 Å². The summed E-state index contributed by atoms with van der Waals surface area (Å²) < 4.78 is 8.87. The summed E-state index contributed by atoms with van der Waals surface area (Å²) in [7, 11) is 1.45. The molecule has 1 aliphatic carbocycles. The average Bonchev–Trinajstić information content (AvgIpc) is 3.69. The molecule has 4 aromatic rings. The molecule has 2 aromatic carbocycles. The van der Waals surface area contributed by atoms with Crippen LogP contribution in [0.5, 0.6) is 5.75 Å². The van der Waals surface area contributed by atoms with Crippen molar-refractivity contribution in [3.63, 3.8) is 0 Å². The molecule has 2 aromatic heterocycles. The fraction of sp³-hybridized carbons (Fsp3) is 0.258. The highest BCUT2D eigenvalue weighted by molar-refractivity contribution is 6.31. The van der Waals surface area contributed by atoms with E-state index in [0.29, 0.717) is 44.8 Å². The van der Waals surface area contributed by atoms with Gasteiger partial charge in [0.15, 0.2) is 11.6 Å². The number of ether oxygens (including phenoxy) is 1. The lowest BCUT2D eigenvalue weighted by Gasteiger charge is -2.21. The van der Waals surface area contributed by atoms with Crippen molar-refractivity contribution in [2.45, 2.75) is 44.7 Å². The van der Waals surface area contributed by atoms with Gasteiger partial charge in [-0.3, -0.25) is 19.1 Å². The van der Waals surface area contributed by atoms with Gasteiger partial charge in [-0.25, -0.2) is 4.79 Å². The van der Waals surface area contributed by atoms with E-state index < -0.39 is 17.6 Å². The fourth-order valence-corrected chi connectivity index (χ4v) is 5.04. The van der Waals surface area contributed by atoms with Gasteiger partial charge in [-0.1, -0.05) is 23.7 Å². The minimum Gasteiger partial charge on any atom is -0.495 e. The van der Waals surface area contributed by atoms with Crippen molar-refractivity contribution in [3.05, 3.63) is 105 Å². The highest BCUT2D eigenvalue weighted by Crippen LogP contribution is 2.35. The Bertz CT molecular complexity index is 1700. The second-order valence-corrected chi connectivity index (χ2v) is 10.6. The van der Waals surface area contributed by atoms with Crippen molar-refractivity contribution >= 4 is 29.1 Å². The van der Waals surface area contributed by atoms with Crippen LogP contribution in [0.15, 0.2) is 71.8 Å². The molecule has 1 fully saturated rings. The Balaban J connectivity index is 1.55. The highest BCUT2D eigenvalue weighted by Gasteiger charge is 2.28. The Morgan fingerprint density at radius 2 is 1.80 bits per heavy atom. The Morgan fingerprint density at radius 3 is 2.44 bits per heavy atom. The molecule has 0 spiro atoms. The van der Waals surface area contributed by atoms with Crippen LogP contribution in [0.4, 0.5) is 0 Å². The van der Waals surface area contributed by atoms with Gasteiger partial charge in [-0.15, -0.1) is 0 Å². The van der Waals surface area contributed by atoms with Crippen LogP contribution in [0.1, 0.15) is 63.8 Å². The van der Waals surface area contributed by atoms with E-state index >= 15 is 0 Å². The standard InChI is InChI=1S/C31H28ClN3O6/c1-18(36)24-10-7-21(32)14-25(24)26-16-30(38)34(17-29(26)41-2)27(15-22-11-12-35(33-22)23-8-9-23)28(37)13-19-3-5-20(6-4-19)31(39)40/h3-7,10-12,14,16-17,23,27H,8-9,13,15H2,1-2H3,(H,39,40)/t27-/m1/s1. The molecule has 9 nitrogen and oxygen atoms in total. The van der Waals surface area contributed by atoms with Crippen molar-refractivity contribution < 1.29 is 24.2 Å². The quantitative estimate of drug-likeness (QED) is 0.245. The maximum absolute atomic E-state index is 13.8. The van der Waals surface area contributed by atoms with E-state index in [1.165, 1.54) is 43.0 Å². The van der Waals surface area contributed by atoms with Gasteiger partial charge in [0.05, 0.1) is 30.6 Å². The number of carbonyl (C=O) groups excluding carboxylic acids is 2. The fourth-order valence-electron chi connectivity index (χ4n) is 4.87. The molecule has 2 heterocycles. The van der Waals surface area contributed by atoms with Crippen LogP contribution in [0.3, 0.4) is 0 Å². The zero-order valence-corrected chi connectivity index (χ0v) is 23.3. The number of carboxylic acids is 1. The first kappa shape index (κ1) is 28.0. The number of carboxylic acid groups (broad SMARTS) is 1. The molecule has 1 aliphatic rings. The van der Waals surface area contributed by atoms with Crippen LogP contribution in [0.2, 0.25) is 5.02 Å². The van der Waals surface area contributed by atoms with Gasteiger partial charge >= 0.3 is 5.97 Å². The van der Waals surface area contributed by atoms with Gasteiger partial charge in [0.25, 0.3) is 5.56 Å². The van der Waals surface area contributed by atoms with Crippen molar-refractivity contribution in [2.24, 2.45) is 0 Å². The molecule has 0 saturated heterocycles. The van der Waals surface area contributed by atoms with Gasteiger partial charge in [-0.2, -0.15) is 5.10 Å². The zero-order valence-electron chi connectivity index (χ0n) is 22.5. The first-order chi connectivity index (χ1) is 19.6. The number of hydrogen-bond acceptors (Lipinski definition) is 6. The molecule has 0 radical (unpaired) electrons. The second kappa shape index (κ2) is 11.5. The van der Waals surface area contributed by atoms with Crippen LogP contribution in [-0.4, -0.2) is 44.1 Å². The highest BCUT2D eigenvalue weighted by atomic mass is 35.5. The summed E-state index contributed by atoms with van der Waals surface area (Å²) in [5.41, 5.74) is 2.16. The molecular weight excluding hydrogens is 546 g/mol. The van der Waals surface area contributed by atoms with Gasteiger partial charge in [-0.05, 0) is 67.3 Å². The Morgan fingerprint density at radius 1 is 1.07 bits per heavy atom. The molecule has 1 atom stereocenters. The van der Waals surface area contributed by atoms with Crippen molar-refractivity contribution in [1.82, 2.24) is 14.3 Å². The molecule has 210 valence electrons. The Kier molecular flexibility index (Phi) is 7.90. The van der Waals surface area contributed by atoms with Gasteiger partial charge in [0.2, 0.25) is 0 Å². The summed E-state index contributed by atoms with van der Waals surface area (Å²) in [6.45, 7) is 1.43. The van der Waals surface area contributed by atoms with Crippen molar-refractivity contribution in [1.29, 1.82) is 0 Å². The summed E-state index contributed by atoms with van der Waals surface area (Å²) in [5, 5.41) is 14.2. The molecule has 5 rings (SSSR count). The molecular formula is C31H28ClN3O6. The SMILES string of the molecule is COc1cn([C@H](Cc2ccn(C3CC3)n2)C(=O)Cc2ccc(C(=O)O)cc2)c(=O)cc1-c1cc(Cl)ccc1C(C)=O. The summed E-state index contributed by atoms with van der Waals surface area (Å²) >= 11 is 6.23. The van der Waals surface area contributed by atoms with Crippen LogP contribution in [0, 0.1) is 0 Å². The third-order valence-electron chi connectivity index (χ3n) is 7.19. The Labute approximate surface area is 241 Å². The lowest BCUT2D eigenvalue weighted by molar-refractivity contribution is -0.121. The molecule has 0 aliphatic heterocycles. The predicted octanol–water partition coefficient (Wildman–Crippen LogP) is 5.21. The van der Waals surface area contributed by atoms with E-state index in [9.17, 15) is 24.3 Å². The number of pyridine rings is 1. The minimum atomic E-state index is -1.06. The maximum atomic E-state index is 13.8. The molecule has 41 heavy (non-hydrogen) atoms. The van der Waals surface area contributed by atoms with E-state index in [-0.39, 0.29) is 30.0 Å². The smallest absolute Gasteiger partial charge is 0.335 e. The van der Waals surface area contributed by atoms with Crippen LogP contribution >= 0.6 is 11.6 Å². The topological polar surface area (TPSA) is 120 Å². The number of methoxy groups -OCH3 is 1. The minimum absolute atomic E-state index is 0.0207. The number of ketones is 2. The van der Waals surface area contributed by atoms with Gasteiger partial charge in [0, 0.05) is 41.3 Å². The number of nitrogens with zero attached hydrogens (tertiary/aromatic N) is 3. The third kappa shape index (κ3) is 6.15. The largest absolute Gasteiger partial charge is 0.495 e. The first-order valence-electron chi connectivity index (χ1n) is 13.1. The Hall–Kier alpha value is -4.50. The van der Waals surface area contributed by atoms with Crippen LogP contribution < -0.4 is 10.3 Å². The molecule has 1 N–H and O–H groups in total. The number of halogens is 1. The zero-order chi connectivity index (χ0) is 29.3. The number of benzene rings is 2. The van der Waals surface area contributed by atoms with E-state index in [0.717, 1.165) is 12.8 Å². The third-order valence-corrected chi connectivity index (χ3v) is 7.42. The monoisotopic (exact) mass is 573 g/mol. The van der Waals surface area contributed by atoms with Crippen molar-refractivity contribution in [3.8, 4) is 16.9 Å². The molecule has 0 amide bonds. The lowest BCUT2D eigenvalue weighted by Crippen LogP contribution is -2.32. The molecule has 0 bridgehead atoms. The number of carbonyl (C=O) groups is 3. The second-order valence-electron chi connectivity index (χ2n) is 10.1. The van der Waals surface area contributed by atoms with E-state index in [1.54, 1.807) is 30.3 Å². The van der Waals surface area contributed by atoms with E-state index in [2.05, 4.69) is 5.10 Å². The average molecular weight is 574 g/mol. The normalized spacial score (nSPS) is 13.5. The van der Waals surface area contributed by atoms with Gasteiger partial charge in [0.1, 0.15) is 11.8 Å². The van der Waals surface area contributed by atoms with Gasteiger partial charge < -0.3 is 14.4 Å². The number of aromatic nitrogens is 3. The van der Waals surface area contributed by atoms with E-state index in [1.807, 2.05) is 16.9 Å². The summed E-state index contributed by atoms with van der Waals surface area (Å²) in [4.78, 5) is 51.0. The number of Topliss-reactive ketones (excluding diaryl/α,β-unsaturated/α-hetero) is 2. The molecule has 0 unspecified atom stereocenters. The molecule has 1 saturated carbocycles. The number of hydrogen-bond donors (Lipinski definition) is 1. The number of aromatic carboxylic acids is 1. The lowest BCUT2D eigenvalue weighted by atomic mass is 9.96. The van der Waals surface area contributed by atoms with Crippen LogP contribution in [0.25, 0.3) is 11.1 Å². The first-order valence-corrected chi connectivity index (χ1v) is 13.5. The summed E-state index contributed by atoms with van der Waals surface area (Å²) in [5.74, 6) is -1.21. The molecule has 10 heteroatoms.